The topological polar surface area (TPSA) is 46.6 Å². The number of hydrogen-bond donors (Lipinski definition) is 0. The Hall–Kier alpha value is -1.12. The molecular weight excluding hydrogens is 295 g/mol. The Morgan fingerprint density at radius 3 is 2.40 bits per heavy atom. The van der Waals surface area contributed by atoms with Gasteiger partial charge in [0.2, 0.25) is 10.0 Å². The molecule has 0 aliphatic carbocycles. The third-order valence-corrected chi connectivity index (χ3v) is 4.95. The van der Waals surface area contributed by atoms with Gasteiger partial charge in [0.1, 0.15) is 0 Å². The van der Waals surface area contributed by atoms with E-state index in [1.807, 2.05) is 6.92 Å². The molecule has 1 saturated heterocycles. The molecule has 1 heterocycles. The minimum atomic E-state index is -4.74. The SMILES string of the molecule is Cc1ccc(S(=O)(=O)N2CCC(OC(F)(F)F)C2)cc1. The average Bonchev–Trinajstić information content (AvgIpc) is 2.76. The second-order valence-electron chi connectivity index (χ2n) is 4.65. The van der Waals surface area contributed by atoms with Crippen LogP contribution in [0.15, 0.2) is 29.2 Å². The van der Waals surface area contributed by atoms with Crippen LogP contribution in [0.3, 0.4) is 0 Å². The standard InChI is InChI=1S/C12H14F3NO3S/c1-9-2-4-11(5-3-9)20(17,18)16-7-6-10(8-16)19-12(13,14)15/h2-5,10H,6-8H2,1H3. The largest absolute Gasteiger partial charge is 0.522 e. The number of alkyl halides is 3. The molecule has 2 rings (SSSR count). The fraction of sp³-hybridized carbons (Fsp3) is 0.500. The van der Waals surface area contributed by atoms with E-state index in [0.717, 1.165) is 9.87 Å². The third kappa shape index (κ3) is 3.50. The van der Waals surface area contributed by atoms with Crippen LogP contribution in [0.1, 0.15) is 12.0 Å². The molecular formula is C12H14F3NO3S. The van der Waals surface area contributed by atoms with E-state index in [0.29, 0.717) is 0 Å². The van der Waals surface area contributed by atoms with E-state index in [2.05, 4.69) is 4.74 Å². The number of halogens is 3. The summed E-state index contributed by atoms with van der Waals surface area (Å²) in [5, 5.41) is 0. The average molecular weight is 309 g/mol. The highest BCUT2D eigenvalue weighted by Crippen LogP contribution is 2.27. The van der Waals surface area contributed by atoms with Gasteiger partial charge in [0.05, 0.1) is 11.0 Å². The molecule has 20 heavy (non-hydrogen) atoms. The van der Waals surface area contributed by atoms with Crippen molar-refractivity contribution in [3.63, 3.8) is 0 Å². The van der Waals surface area contributed by atoms with Gasteiger partial charge in [-0.3, -0.25) is 4.74 Å². The minimum Gasteiger partial charge on any atom is -0.287 e. The van der Waals surface area contributed by atoms with Crippen molar-refractivity contribution in [2.75, 3.05) is 13.1 Å². The second-order valence-corrected chi connectivity index (χ2v) is 6.59. The van der Waals surface area contributed by atoms with Crippen LogP contribution in [0, 0.1) is 6.92 Å². The summed E-state index contributed by atoms with van der Waals surface area (Å²) in [5.41, 5.74) is 0.906. The Kier molecular flexibility index (Phi) is 4.08. The first-order chi connectivity index (χ1) is 9.18. The van der Waals surface area contributed by atoms with Gasteiger partial charge in [0, 0.05) is 13.1 Å². The molecule has 1 unspecified atom stereocenters. The minimum absolute atomic E-state index is 0.0248. The summed E-state index contributed by atoms with van der Waals surface area (Å²) in [7, 11) is -3.76. The molecule has 1 fully saturated rings. The lowest BCUT2D eigenvalue weighted by molar-refractivity contribution is -0.340. The van der Waals surface area contributed by atoms with Crippen molar-refractivity contribution in [3.05, 3.63) is 29.8 Å². The molecule has 0 spiro atoms. The molecule has 1 atom stereocenters. The van der Waals surface area contributed by atoms with Gasteiger partial charge in [-0.1, -0.05) is 17.7 Å². The molecule has 1 aliphatic rings. The monoisotopic (exact) mass is 309 g/mol. The maximum absolute atomic E-state index is 12.2. The summed E-state index contributed by atoms with van der Waals surface area (Å²) in [6.45, 7) is 1.56. The number of benzene rings is 1. The van der Waals surface area contributed by atoms with Crippen LogP contribution in [0.2, 0.25) is 0 Å². The third-order valence-electron chi connectivity index (χ3n) is 3.07. The number of aryl methyl sites for hydroxylation is 1. The van der Waals surface area contributed by atoms with Crippen molar-refractivity contribution in [2.45, 2.75) is 30.7 Å². The highest BCUT2D eigenvalue weighted by molar-refractivity contribution is 7.89. The van der Waals surface area contributed by atoms with Gasteiger partial charge < -0.3 is 0 Å². The fourth-order valence-electron chi connectivity index (χ4n) is 2.06. The molecule has 0 radical (unpaired) electrons. The van der Waals surface area contributed by atoms with Crippen LogP contribution < -0.4 is 0 Å². The van der Waals surface area contributed by atoms with E-state index >= 15 is 0 Å². The number of sulfonamides is 1. The van der Waals surface area contributed by atoms with Gasteiger partial charge in [-0.2, -0.15) is 4.31 Å². The maximum Gasteiger partial charge on any atom is 0.522 e. The summed E-state index contributed by atoms with van der Waals surface area (Å²) in [6, 6.07) is 6.19. The lowest BCUT2D eigenvalue weighted by Gasteiger charge is -2.17. The van der Waals surface area contributed by atoms with E-state index in [1.54, 1.807) is 12.1 Å². The van der Waals surface area contributed by atoms with Crippen LogP contribution in [-0.4, -0.2) is 38.3 Å². The van der Waals surface area contributed by atoms with Crippen molar-refractivity contribution >= 4 is 10.0 Å². The van der Waals surface area contributed by atoms with Crippen LogP contribution in [0.25, 0.3) is 0 Å². The van der Waals surface area contributed by atoms with Crippen molar-refractivity contribution in [1.82, 2.24) is 4.31 Å². The first kappa shape index (κ1) is 15.3. The Balaban J connectivity index is 2.11. The predicted octanol–water partition coefficient (Wildman–Crippen LogP) is 2.29. The van der Waals surface area contributed by atoms with Crippen LogP contribution in [0.5, 0.6) is 0 Å². The molecule has 0 bridgehead atoms. The van der Waals surface area contributed by atoms with Gasteiger partial charge >= 0.3 is 6.36 Å². The number of ether oxygens (including phenoxy) is 1. The summed E-state index contributed by atoms with van der Waals surface area (Å²) in [5.74, 6) is 0. The summed E-state index contributed by atoms with van der Waals surface area (Å²) in [4.78, 5) is 0.0794. The Bertz CT molecular complexity index is 569. The number of rotatable bonds is 3. The van der Waals surface area contributed by atoms with Gasteiger partial charge in [0.15, 0.2) is 0 Å². The number of nitrogens with zero attached hydrogens (tertiary/aromatic N) is 1. The Labute approximate surface area is 115 Å². The van der Waals surface area contributed by atoms with E-state index < -0.39 is 22.5 Å². The van der Waals surface area contributed by atoms with Gasteiger partial charge in [0.25, 0.3) is 0 Å². The second kappa shape index (κ2) is 5.34. The zero-order chi connectivity index (χ0) is 15.0. The van der Waals surface area contributed by atoms with Crippen molar-refractivity contribution < 1.29 is 26.3 Å². The first-order valence-corrected chi connectivity index (χ1v) is 7.44. The van der Waals surface area contributed by atoms with Gasteiger partial charge in [-0.25, -0.2) is 8.42 Å². The maximum atomic E-state index is 12.2. The normalized spacial score (nSPS) is 21.3. The molecule has 0 amide bonds. The van der Waals surface area contributed by atoms with Crippen molar-refractivity contribution in [1.29, 1.82) is 0 Å². The zero-order valence-corrected chi connectivity index (χ0v) is 11.5. The van der Waals surface area contributed by atoms with Crippen LogP contribution >= 0.6 is 0 Å². The molecule has 0 aromatic heterocycles. The number of hydrogen-bond acceptors (Lipinski definition) is 3. The van der Waals surface area contributed by atoms with Crippen LogP contribution in [-0.2, 0) is 14.8 Å². The first-order valence-electron chi connectivity index (χ1n) is 6.00. The smallest absolute Gasteiger partial charge is 0.287 e. The summed E-state index contributed by atoms with van der Waals surface area (Å²) >= 11 is 0. The lowest BCUT2D eigenvalue weighted by atomic mass is 10.2. The van der Waals surface area contributed by atoms with E-state index in [-0.39, 0.29) is 24.4 Å². The van der Waals surface area contributed by atoms with Gasteiger partial charge in [-0.15, -0.1) is 13.2 Å². The highest BCUT2D eigenvalue weighted by Gasteiger charge is 2.39. The van der Waals surface area contributed by atoms with Crippen molar-refractivity contribution in [3.8, 4) is 0 Å². The quantitative estimate of drug-likeness (QED) is 0.860. The lowest BCUT2D eigenvalue weighted by Crippen LogP contribution is -2.32. The molecule has 0 saturated carbocycles. The molecule has 1 aliphatic heterocycles. The van der Waals surface area contributed by atoms with Crippen molar-refractivity contribution in [2.24, 2.45) is 0 Å². The van der Waals surface area contributed by atoms with Crippen LogP contribution in [0.4, 0.5) is 13.2 Å². The molecule has 112 valence electrons. The highest BCUT2D eigenvalue weighted by atomic mass is 32.2. The Morgan fingerprint density at radius 1 is 1.25 bits per heavy atom. The molecule has 8 heteroatoms. The molecule has 1 aromatic rings. The van der Waals surface area contributed by atoms with Gasteiger partial charge in [-0.05, 0) is 25.5 Å². The molecule has 4 nitrogen and oxygen atoms in total. The fourth-order valence-corrected chi connectivity index (χ4v) is 3.55. The van der Waals surface area contributed by atoms with E-state index in [9.17, 15) is 21.6 Å². The predicted molar refractivity (Wildman–Crippen MR) is 65.5 cm³/mol. The Morgan fingerprint density at radius 2 is 1.85 bits per heavy atom. The summed E-state index contributed by atoms with van der Waals surface area (Å²) < 4.78 is 65.7. The zero-order valence-electron chi connectivity index (χ0n) is 10.7. The van der Waals surface area contributed by atoms with E-state index in [4.69, 9.17) is 0 Å². The molecule has 0 N–H and O–H groups in total. The van der Waals surface area contributed by atoms with E-state index in [1.165, 1.54) is 12.1 Å². The summed E-state index contributed by atoms with van der Waals surface area (Å²) in [6.07, 6.45) is -5.85. The molecule has 1 aromatic carbocycles.